The number of nitrogens with zero attached hydrogens (tertiary/aromatic N) is 3. The van der Waals surface area contributed by atoms with Gasteiger partial charge in [0, 0.05) is 12.5 Å². The van der Waals surface area contributed by atoms with Crippen LogP contribution in [0, 0.1) is 29.6 Å². The standard InChI is InChI=1S/C14H19N3O/c1-2-5-17-10(7-15-16-17)14(18)13-11-8-3-4-9(6-8)12(11)13/h7-9,11-13H,2-6H2,1H3. The van der Waals surface area contributed by atoms with E-state index in [4.69, 9.17) is 0 Å². The maximum absolute atomic E-state index is 12.6. The number of carbonyl (C=O) groups is 1. The molecule has 0 spiro atoms. The smallest absolute Gasteiger partial charge is 0.186 e. The van der Waals surface area contributed by atoms with Crippen LogP contribution in [0.2, 0.25) is 0 Å². The molecule has 2 bridgehead atoms. The molecule has 0 N–H and O–H groups in total. The summed E-state index contributed by atoms with van der Waals surface area (Å²) in [6.45, 7) is 2.90. The molecule has 1 aromatic rings. The molecule has 3 aliphatic rings. The zero-order valence-electron chi connectivity index (χ0n) is 10.7. The van der Waals surface area contributed by atoms with E-state index in [1.807, 2.05) is 0 Å². The van der Waals surface area contributed by atoms with Crippen LogP contribution >= 0.6 is 0 Å². The predicted molar refractivity (Wildman–Crippen MR) is 65.9 cm³/mol. The molecule has 3 saturated carbocycles. The summed E-state index contributed by atoms with van der Waals surface area (Å²) in [6, 6.07) is 0. The quantitative estimate of drug-likeness (QED) is 0.764. The van der Waals surface area contributed by atoms with E-state index in [1.165, 1.54) is 19.3 Å². The third kappa shape index (κ3) is 1.29. The van der Waals surface area contributed by atoms with E-state index in [0.717, 1.165) is 30.5 Å². The molecule has 3 aliphatic carbocycles. The number of rotatable bonds is 4. The highest BCUT2D eigenvalue weighted by atomic mass is 16.1. The topological polar surface area (TPSA) is 47.8 Å². The van der Waals surface area contributed by atoms with Crippen molar-refractivity contribution in [2.24, 2.45) is 29.6 Å². The van der Waals surface area contributed by atoms with Crippen molar-refractivity contribution < 1.29 is 4.79 Å². The lowest BCUT2D eigenvalue weighted by Crippen LogP contribution is -2.15. The van der Waals surface area contributed by atoms with Gasteiger partial charge in [-0.15, -0.1) is 5.10 Å². The van der Waals surface area contributed by atoms with E-state index in [0.29, 0.717) is 23.5 Å². The summed E-state index contributed by atoms with van der Waals surface area (Å²) >= 11 is 0. The Morgan fingerprint density at radius 3 is 2.78 bits per heavy atom. The van der Waals surface area contributed by atoms with Gasteiger partial charge in [-0.05, 0) is 49.4 Å². The summed E-state index contributed by atoms with van der Waals surface area (Å²) in [6.07, 6.45) is 6.77. The highest BCUT2D eigenvalue weighted by Crippen LogP contribution is 2.69. The fraction of sp³-hybridized carbons (Fsp3) is 0.786. The Bertz CT molecular complexity index is 479. The first-order valence-electron chi connectivity index (χ1n) is 7.24. The number of fused-ring (bicyclic) bond motifs is 5. The van der Waals surface area contributed by atoms with Gasteiger partial charge in [-0.3, -0.25) is 4.79 Å². The third-order valence-corrected chi connectivity index (χ3v) is 5.34. The zero-order valence-corrected chi connectivity index (χ0v) is 10.7. The lowest BCUT2D eigenvalue weighted by atomic mass is 9.98. The molecule has 0 aliphatic heterocycles. The monoisotopic (exact) mass is 245 g/mol. The van der Waals surface area contributed by atoms with Crippen LogP contribution in [0.4, 0.5) is 0 Å². The normalized spacial score (nSPS) is 39.9. The molecule has 1 aromatic heterocycles. The van der Waals surface area contributed by atoms with E-state index in [-0.39, 0.29) is 0 Å². The molecule has 3 fully saturated rings. The Hall–Kier alpha value is -1.19. The van der Waals surface area contributed by atoms with Gasteiger partial charge in [0.25, 0.3) is 0 Å². The second-order valence-electron chi connectivity index (χ2n) is 6.22. The van der Waals surface area contributed by atoms with Crippen molar-refractivity contribution in [2.45, 2.75) is 39.2 Å². The molecule has 0 saturated heterocycles. The highest BCUT2D eigenvalue weighted by molar-refractivity contribution is 5.98. The summed E-state index contributed by atoms with van der Waals surface area (Å²) in [5.74, 6) is 3.75. The van der Waals surface area contributed by atoms with Crippen LogP contribution in [-0.2, 0) is 6.54 Å². The highest BCUT2D eigenvalue weighted by Gasteiger charge is 2.67. The Labute approximate surface area is 107 Å². The Morgan fingerprint density at radius 1 is 1.39 bits per heavy atom. The molecule has 4 unspecified atom stereocenters. The second-order valence-corrected chi connectivity index (χ2v) is 6.22. The zero-order chi connectivity index (χ0) is 12.3. The number of hydrogen-bond acceptors (Lipinski definition) is 3. The summed E-state index contributed by atoms with van der Waals surface area (Å²) < 4.78 is 1.79. The van der Waals surface area contributed by atoms with Crippen LogP contribution in [0.3, 0.4) is 0 Å². The van der Waals surface area contributed by atoms with Crippen LogP contribution in [0.25, 0.3) is 0 Å². The first-order valence-corrected chi connectivity index (χ1v) is 7.24. The summed E-state index contributed by atoms with van der Waals surface area (Å²) in [5.41, 5.74) is 0.746. The van der Waals surface area contributed by atoms with E-state index in [1.54, 1.807) is 10.9 Å². The molecule has 0 amide bonds. The molecule has 4 nitrogen and oxygen atoms in total. The average Bonchev–Trinajstić information content (AvgIpc) is 2.75. The first-order chi connectivity index (χ1) is 8.81. The average molecular weight is 245 g/mol. The molecular formula is C14H19N3O. The minimum atomic E-state index is 0.311. The molecule has 18 heavy (non-hydrogen) atoms. The van der Waals surface area contributed by atoms with Crippen LogP contribution < -0.4 is 0 Å². The molecule has 96 valence electrons. The lowest BCUT2D eigenvalue weighted by Gasteiger charge is -2.08. The van der Waals surface area contributed by atoms with Gasteiger partial charge >= 0.3 is 0 Å². The molecule has 0 radical (unpaired) electrons. The van der Waals surface area contributed by atoms with Crippen molar-refractivity contribution in [3.8, 4) is 0 Å². The van der Waals surface area contributed by atoms with Crippen molar-refractivity contribution in [1.82, 2.24) is 15.0 Å². The van der Waals surface area contributed by atoms with Crippen molar-refractivity contribution in [3.63, 3.8) is 0 Å². The van der Waals surface area contributed by atoms with Gasteiger partial charge in [-0.25, -0.2) is 4.68 Å². The van der Waals surface area contributed by atoms with Crippen LogP contribution in [0.1, 0.15) is 43.1 Å². The van der Waals surface area contributed by atoms with Crippen molar-refractivity contribution >= 4 is 5.78 Å². The largest absolute Gasteiger partial charge is 0.292 e. The van der Waals surface area contributed by atoms with Gasteiger partial charge in [0.15, 0.2) is 5.78 Å². The van der Waals surface area contributed by atoms with Gasteiger partial charge in [-0.1, -0.05) is 12.1 Å². The summed E-state index contributed by atoms with van der Waals surface area (Å²) in [4.78, 5) is 12.6. The van der Waals surface area contributed by atoms with Crippen LogP contribution in [0.15, 0.2) is 6.20 Å². The van der Waals surface area contributed by atoms with Gasteiger partial charge in [0.1, 0.15) is 5.69 Å². The molecule has 4 atom stereocenters. The number of hydrogen-bond donors (Lipinski definition) is 0. The summed E-state index contributed by atoms with van der Waals surface area (Å²) in [7, 11) is 0. The number of ketones is 1. The van der Waals surface area contributed by atoms with Gasteiger partial charge in [0.2, 0.25) is 0 Å². The van der Waals surface area contributed by atoms with E-state index < -0.39 is 0 Å². The minimum Gasteiger partial charge on any atom is -0.292 e. The SMILES string of the molecule is CCCn1nncc1C(=O)C1C2C3CCC(C3)C12. The Balaban J connectivity index is 1.56. The first kappa shape index (κ1) is 10.7. The molecule has 0 aromatic carbocycles. The van der Waals surface area contributed by atoms with Crippen molar-refractivity contribution in [2.75, 3.05) is 0 Å². The van der Waals surface area contributed by atoms with Crippen LogP contribution in [-0.4, -0.2) is 20.8 Å². The van der Waals surface area contributed by atoms with Gasteiger partial charge < -0.3 is 0 Å². The molecule has 4 heteroatoms. The molecule has 1 heterocycles. The summed E-state index contributed by atoms with van der Waals surface area (Å²) in [5, 5.41) is 7.94. The van der Waals surface area contributed by atoms with Crippen molar-refractivity contribution in [1.29, 1.82) is 0 Å². The van der Waals surface area contributed by atoms with Crippen LogP contribution in [0.5, 0.6) is 0 Å². The fourth-order valence-corrected chi connectivity index (χ4v) is 4.67. The number of Topliss-reactive ketones (excluding diaryl/α,β-unsaturated/α-hetero) is 1. The van der Waals surface area contributed by atoms with Gasteiger partial charge in [-0.2, -0.15) is 0 Å². The van der Waals surface area contributed by atoms with E-state index in [2.05, 4.69) is 17.2 Å². The molecule has 4 rings (SSSR count). The molecular weight excluding hydrogens is 226 g/mol. The lowest BCUT2D eigenvalue weighted by molar-refractivity contribution is 0.0933. The maximum Gasteiger partial charge on any atom is 0.186 e. The number of aryl methyl sites for hydroxylation is 1. The predicted octanol–water partition coefficient (Wildman–Crippen LogP) is 2.16. The fourth-order valence-electron chi connectivity index (χ4n) is 4.67. The van der Waals surface area contributed by atoms with Crippen molar-refractivity contribution in [3.05, 3.63) is 11.9 Å². The third-order valence-electron chi connectivity index (χ3n) is 5.34. The number of carbonyl (C=O) groups excluding carboxylic acids is 1. The minimum absolute atomic E-state index is 0.311. The Kier molecular flexibility index (Phi) is 2.17. The van der Waals surface area contributed by atoms with E-state index >= 15 is 0 Å². The Morgan fingerprint density at radius 2 is 2.11 bits per heavy atom. The van der Waals surface area contributed by atoms with E-state index in [9.17, 15) is 4.79 Å². The second kappa shape index (κ2) is 3.65. The maximum atomic E-state index is 12.6. The number of aromatic nitrogens is 3. The van der Waals surface area contributed by atoms with Gasteiger partial charge in [0.05, 0.1) is 6.20 Å².